The van der Waals surface area contributed by atoms with Gasteiger partial charge in [0.25, 0.3) is 11.8 Å². The summed E-state index contributed by atoms with van der Waals surface area (Å²) < 4.78 is 5.40. The van der Waals surface area contributed by atoms with Gasteiger partial charge in [-0.05, 0) is 31.2 Å². The maximum atomic E-state index is 12.7. The molecule has 0 radical (unpaired) electrons. The predicted octanol–water partition coefficient (Wildman–Crippen LogP) is 2.40. The number of aryl methyl sites for hydroxylation is 1. The van der Waals surface area contributed by atoms with E-state index in [9.17, 15) is 9.59 Å². The number of benzene rings is 2. The number of ether oxygens (including phenoxy) is 1. The van der Waals surface area contributed by atoms with Crippen molar-refractivity contribution in [3.8, 4) is 0 Å². The summed E-state index contributed by atoms with van der Waals surface area (Å²) in [6.45, 7) is 2.92. The van der Waals surface area contributed by atoms with Crippen molar-refractivity contribution in [3.63, 3.8) is 0 Å². The quantitative estimate of drug-likeness (QED) is 0.455. The Bertz CT molecular complexity index is 790. The van der Waals surface area contributed by atoms with Crippen molar-refractivity contribution in [2.45, 2.75) is 6.92 Å². The summed E-state index contributed by atoms with van der Waals surface area (Å²) in [4.78, 5) is 25.3. The SMILES string of the molecule is Cc1ccc(NC(=O)/C(C(=O)Nc2ccccc2)=C2/NCCO2)cc1. The zero-order chi connectivity index (χ0) is 17.6. The molecular formula is C19H19N3O3. The number of amides is 2. The number of hydrogen-bond donors (Lipinski definition) is 3. The summed E-state index contributed by atoms with van der Waals surface area (Å²) in [5.41, 5.74) is 2.21. The monoisotopic (exact) mass is 337 g/mol. The Morgan fingerprint density at radius 2 is 1.52 bits per heavy atom. The topological polar surface area (TPSA) is 79.5 Å². The molecule has 1 aliphatic rings. The van der Waals surface area contributed by atoms with Gasteiger partial charge in [0.1, 0.15) is 6.61 Å². The van der Waals surface area contributed by atoms with Crippen LogP contribution in [0.5, 0.6) is 0 Å². The third-order valence-electron chi connectivity index (χ3n) is 3.66. The first-order chi connectivity index (χ1) is 12.1. The minimum atomic E-state index is -0.528. The summed E-state index contributed by atoms with van der Waals surface area (Å²) in [6, 6.07) is 16.3. The van der Waals surface area contributed by atoms with Gasteiger partial charge >= 0.3 is 0 Å². The fraction of sp³-hybridized carbons (Fsp3) is 0.158. The van der Waals surface area contributed by atoms with Crippen molar-refractivity contribution in [2.75, 3.05) is 23.8 Å². The lowest BCUT2D eigenvalue weighted by atomic mass is 10.2. The van der Waals surface area contributed by atoms with Crippen LogP contribution in [0.2, 0.25) is 0 Å². The molecule has 2 amide bonds. The summed E-state index contributed by atoms with van der Waals surface area (Å²) in [5.74, 6) is -0.861. The number of carbonyl (C=O) groups is 2. The maximum Gasteiger partial charge on any atom is 0.266 e. The summed E-state index contributed by atoms with van der Waals surface area (Å²) in [6.07, 6.45) is 0. The van der Waals surface area contributed by atoms with E-state index in [1.807, 2.05) is 25.1 Å². The smallest absolute Gasteiger partial charge is 0.266 e. The van der Waals surface area contributed by atoms with E-state index in [4.69, 9.17) is 4.74 Å². The molecule has 0 unspecified atom stereocenters. The fourth-order valence-corrected chi connectivity index (χ4v) is 2.38. The zero-order valence-electron chi connectivity index (χ0n) is 13.8. The van der Waals surface area contributed by atoms with Crippen molar-refractivity contribution in [1.82, 2.24) is 5.32 Å². The van der Waals surface area contributed by atoms with E-state index in [0.29, 0.717) is 24.5 Å². The van der Waals surface area contributed by atoms with Crippen LogP contribution < -0.4 is 16.0 Å². The highest BCUT2D eigenvalue weighted by molar-refractivity contribution is 6.26. The third-order valence-corrected chi connectivity index (χ3v) is 3.66. The summed E-state index contributed by atoms with van der Waals surface area (Å²) in [7, 11) is 0. The molecule has 3 rings (SSSR count). The second kappa shape index (κ2) is 7.53. The standard InChI is InChI=1S/C19H19N3O3/c1-13-7-9-15(10-8-13)22-18(24)16(19-20-11-12-25-19)17(23)21-14-5-3-2-4-6-14/h2-10,20H,11-12H2,1H3,(H,21,23)(H,22,24)/b19-16-. The van der Waals surface area contributed by atoms with Gasteiger partial charge < -0.3 is 20.7 Å². The molecule has 0 atom stereocenters. The Morgan fingerprint density at radius 1 is 0.920 bits per heavy atom. The molecule has 2 aromatic rings. The molecule has 0 bridgehead atoms. The molecule has 1 heterocycles. The number of hydrogen-bond acceptors (Lipinski definition) is 4. The van der Waals surface area contributed by atoms with E-state index < -0.39 is 11.8 Å². The van der Waals surface area contributed by atoms with E-state index in [1.165, 1.54) is 0 Å². The molecule has 25 heavy (non-hydrogen) atoms. The molecule has 1 fully saturated rings. The first-order valence-corrected chi connectivity index (χ1v) is 7.99. The largest absolute Gasteiger partial charge is 0.477 e. The maximum absolute atomic E-state index is 12.7. The first kappa shape index (κ1) is 16.6. The number of rotatable bonds is 4. The highest BCUT2D eigenvalue weighted by Gasteiger charge is 2.27. The first-order valence-electron chi connectivity index (χ1n) is 7.99. The number of nitrogens with one attached hydrogen (secondary N) is 3. The molecule has 1 saturated heterocycles. The second-order valence-corrected chi connectivity index (χ2v) is 5.62. The second-order valence-electron chi connectivity index (χ2n) is 5.62. The molecule has 0 aliphatic carbocycles. The molecule has 0 aromatic heterocycles. The van der Waals surface area contributed by atoms with Crippen LogP contribution >= 0.6 is 0 Å². The Labute approximate surface area is 145 Å². The average Bonchev–Trinajstić information content (AvgIpc) is 3.12. The lowest BCUT2D eigenvalue weighted by Gasteiger charge is -2.12. The molecular weight excluding hydrogens is 318 g/mol. The highest BCUT2D eigenvalue weighted by Crippen LogP contribution is 2.16. The zero-order valence-corrected chi connectivity index (χ0v) is 13.8. The van der Waals surface area contributed by atoms with Gasteiger partial charge in [0.15, 0.2) is 5.57 Å². The fourth-order valence-electron chi connectivity index (χ4n) is 2.38. The van der Waals surface area contributed by atoms with E-state index in [-0.39, 0.29) is 11.5 Å². The molecule has 6 heteroatoms. The number of para-hydroxylation sites is 1. The van der Waals surface area contributed by atoms with Crippen LogP contribution in [0, 0.1) is 6.92 Å². The van der Waals surface area contributed by atoms with E-state index >= 15 is 0 Å². The average molecular weight is 337 g/mol. The molecule has 3 N–H and O–H groups in total. The van der Waals surface area contributed by atoms with Crippen LogP contribution in [-0.2, 0) is 14.3 Å². The van der Waals surface area contributed by atoms with E-state index in [1.54, 1.807) is 36.4 Å². The molecule has 128 valence electrons. The van der Waals surface area contributed by atoms with Gasteiger partial charge in [-0.1, -0.05) is 35.9 Å². The molecule has 1 aliphatic heterocycles. The van der Waals surface area contributed by atoms with Crippen molar-refractivity contribution >= 4 is 23.2 Å². The van der Waals surface area contributed by atoms with Gasteiger partial charge in [0.2, 0.25) is 5.88 Å². The highest BCUT2D eigenvalue weighted by atomic mass is 16.5. The number of anilines is 2. The Kier molecular flexibility index (Phi) is 4.99. The number of carbonyl (C=O) groups excluding carboxylic acids is 2. The lowest BCUT2D eigenvalue weighted by molar-refractivity contribution is -0.118. The van der Waals surface area contributed by atoms with Crippen LogP contribution in [0.1, 0.15) is 5.56 Å². The van der Waals surface area contributed by atoms with E-state index in [2.05, 4.69) is 16.0 Å². The van der Waals surface area contributed by atoms with E-state index in [0.717, 1.165) is 5.56 Å². The Morgan fingerprint density at radius 3 is 2.08 bits per heavy atom. The minimum absolute atomic E-state index is 0.0815. The Balaban J connectivity index is 1.82. The minimum Gasteiger partial charge on any atom is -0.477 e. The van der Waals surface area contributed by atoms with Gasteiger partial charge in [-0.2, -0.15) is 0 Å². The van der Waals surface area contributed by atoms with Gasteiger partial charge in [-0.25, -0.2) is 0 Å². The van der Waals surface area contributed by atoms with Crippen LogP contribution in [0.25, 0.3) is 0 Å². The van der Waals surface area contributed by atoms with Crippen LogP contribution in [-0.4, -0.2) is 25.0 Å². The third kappa shape index (κ3) is 4.17. The summed E-state index contributed by atoms with van der Waals surface area (Å²) in [5, 5.41) is 8.39. The van der Waals surface area contributed by atoms with Gasteiger partial charge in [0.05, 0.1) is 6.54 Å². The molecule has 0 saturated carbocycles. The van der Waals surface area contributed by atoms with Crippen LogP contribution in [0.3, 0.4) is 0 Å². The molecule has 6 nitrogen and oxygen atoms in total. The van der Waals surface area contributed by atoms with Crippen LogP contribution in [0.15, 0.2) is 66.1 Å². The van der Waals surface area contributed by atoms with Crippen molar-refractivity contribution < 1.29 is 14.3 Å². The van der Waals surface area contributed by atoms with Gasteiger partial charge in [0, 0.05) is 11.4 Å². The van der Waals surface area contributed by atoms with Crippen LogP contribution in [0.4, 0.5) is 11.4 Å². The van der Waals surface area contributed by atoms with Crippen molar-refractivity contribution in [1.29, 1.82) is 0 Å². The van der Waals surface area contributed by atoms with Gasteiger partial charge in [-0.15, -0.1) is 0 Å². The normalized spacial score (nSPS) is 14.9. The predicted molar refractivity (Wildman–Crippen MR) is 95.9 cm³/mol. The van der Waals surface area contributed by atoms with Crippen molar-refractivity contribution in [2.24, 2.45) is 0 Å². The van der Waals surface area contributed by atoms with Gasteiger partial charge in [-0.3, -0.25) is 9.59 Å². The molecule has 0 spiro atoms. The molecule has 2 aromatic carbocycles. The lowest BCUT2D eigenvalue weighted by Crippen LogP contribution is -2.29. The Hall–Kier alpha value is -3.28. The summed E-state index contributed by atoms with van der Waals surface area (Å²) >= 11 is 0. The van der Waals surface area contributed by atoms with Crippen molar-refractivity contribution in [3.05, 3.63) is 71.6 Å².